The number of hydrogen-bond donors (Lipinski definition) is 1. The SMILES string of the molecule is C[C@H](N)c1cccc(OCc2nnc3n2CCCC3)c1. The highest BCUT2D eigenvalue weighted by Gasteiger charge is 2.15. The van der Waals surface area contributed by atoms with E-state index in [1.54, 1.807) is 0 Å². The number of hydrogen-bond acceptors (Lipinski definition) is 4. The molecule has 0 saturated carbocycles. The first-order chi connectivity index (χ1) is 9.74. The molecule has 106 valence electrons. The van der Waals surface area contributed by atoms with Gasteiger partial charge >= 0.3 is 0 Å². The van der Waals surface area contributed by atoms with E-state index < -0.39 is 0 Å². The minimum atomic E-state index is 0.0133. The van der Waals surface area contributed by atoms with Crippen molar-refractivity contribution in [1.29, 1.82) is 0 Å². The fourth-order valence-electron chi connectivity index (χ4n) is 2.51. The van der Waals surface area contributed by atoms with E-state index >= 15 is 0 Å². The molecule has 0 aliphatic carbocycles. The van der Waals surface area contributed by atoms with E-state index in [2.05, 4.69) is 14.8 Å². The van der Waals surface area contributed by atoms with Crippen LogP contribution in [0.5, 0.6) is 5.75 Å². The molecule has 0 amide bonds. The van der Waals surface area contributed by atoms with Crippen LogP contribution in [0, 0.1) is 0 Å². The van der Waals surface area contributed by atoms with Gasteiger partial charge in [-0.2, -0.15) is 0 Å². The quantitative estimate of drug-likeness (QED) is 0.926. The second kappa shape index (κ2) is 5.63. The summed E-state index contributed by atoms with van der Waals surface area (Å²) in [5, 5.41) is 8.46. The highest BCUT2D eigenvalue weighted by Crippen LogP contribution is 2.20. The average molecular weight is 272 g/mol. The van der Waals surface area contributed by atoms with Crippen LogP contribution in [0.1, 0.15) is 43.0 Å². The van der Waals surface area contributed by atoms with Crippen LogP contribution in [0.2, 0.25) is 0 Å². The van der Waals surface area contributed by atoms with Gasteiger partial charge in [-0.05, 0) is 37.5 Å². The lowest BCUT2D eigenvalue weighted by atomic mass is 10.1. The number of fused-ring (bicyclic) bond motifs is 1. The van der Waals surface area contributed by atoms with Crippen molar-refractivity contribution in [2.24, 2.45) is 5.73 Å². The lowest BCUT2D eigenvalue weighted by Crippen LogP contribution is -2.14. The summed E-state index contributed by atoms with van der Waals surface area (Å²) in [6.45, 7) is 3.42. The van der Waals surface area contributed by atoms with Gasteiger partial charge in [0.2, 0.25) is 0 Å². The van der Waals surface area contributed by atoms with Gasteiger partial charge in [0.1, 0.15) is 18.2 Å². The minimum absolute atomic E-state index is 0.0133. The van der Waals surface area contributed by atoms with Crippen LogP contribution in [0.3, 0.4) is 0 Å². The van der Waals surface area contributed by atoms with Crippen LogP contribution < -0.4 is 10.5 Å². The highest BCUT2D eigenvalue weighted by molar-refractivity contribution is 5.30. The fourth-order valence-corrected chi connectivity index (χ4v) is 2.51. The molecule has 0 bridgehead atoms. The molecule has 1 aromatic carbocycles. The van der Waals surface area contributed by atoms with E-state index in [9.17, 15) is 0 Å². The molecule has 0 fully saturated rings. The molecule has 20 heavy (non-hydrogen) atoms. The summed E-state index contributed by atoms with van der Waals surface area (Å²) < 4.78 is 8.01. The Hall–Kier alpha value is -1.88. The molecule has 1 atom stereocenters. The standard InChI is InChI=1S/C15H20N4O/c1-11(16)12-5-4-6-13(9-12)20-10-15-18-17-14-7-2-3-8-19(14)15/h4-6,9,11H,2-3,7-8,10,16H2,1H3/t11-/m0/s1. The van der Waals surface area contributed by atoms with E-state index in [0.29, 0.717) is 6.61 Å². The van der Waals surface area contributed by atoms with Crippen molar-refractivity contribution in [2.45, 2.75) is 45.4 Å². The van der Waals surface area contributed by atoms with Crippen LogP contribution in [0.25, 0.3) is 0 Å². The van der Waals surface area contributed by atoms with Gasteiger partial charge in [0.25, 0.3) is 0 Å². The Morgan fingerprint density at radius 2 is 2.25 bits per heavy atom. The maximum Gasteiger partial charge on any atom is 0.171 e. The summed E-state index contributed by atoms with van der Waals surface area (Å²) in [6, 6.07) is 7.92. The van der Waals surface area contributed by atoms with Gasteiger partial charge in [-0.1, -0.05) is 12.1 Å². The fraction of sp³-hybridized carbons (Fsp3) is 0.467. The molecular formula is C15H20N4O. The number of nitrogens with two attached hydrogens (primary N) is 1. The third-order valence-electron chi connectivity index (χ3n) is 3.69. The Morgan fingerprint density at radius 3 is 3.10 bits per heavy atom. The monoisotopic (exact) mass is 272 g/mol. The molecule has 0 unspecified atom stereocenters. The molecule has 5 heteroatoms. The molecule has 5 nitrogen and oxygen atoms in total. The van der Waals surface area contributed by atoms with Crippen molar-refractivity contribution >= 4 is 0 Å². The Labute approximate surface area is 118 Å². The van der Waals surface area contributed by atoms with Crippen LogP contribution in [-0.2, 0) is 19.6 Å². The summed E-state index contributed by atoms with van der Waals surface area (Å²) in [5.74, 6) is 2.82. The van der Waals surface area contributed by atoms with Crippen molar-refractivity contribution in [2.75, 3.05) is 0 Å². The number of benzene rings is 1. The normalized spacial score (nSPS) is 15.7. The van der Waals surface area contributed by atoms with Gasteiger partial charge in [-0.25, -0.2) is 0 Å². The lowest BCUT2D eigenvalue weighted by molar-refractivity contribution is 0.286. The maximum absolute atomic E-state index is 5.88. The zero-order valence-electron chi connectivity index (χ0n) is 11.7. The van der Waals surface area contributed by atoms with Crippen LogP contribution in [0.4, 0.5) is 0 Å². The second-order valence-corrected chi connectivity index (χ2v) is 5.29. The van der Waals surface area contributed by atoms with E-state index in [1.165, 1.54) is 12.8 Å². The second-order valence-electron chi connectivity index (χ2n) is 5.29. The van der Waals surface area contributed by atoms with E-state index in [0.717, 1.165) is 35.9 Å². The number of ether oxygens (including phenoxy) is 1. The molecule has 0 saturated heterocycles. The van der Waals surface area contributed by atoms with Gasteiger partial charge in [0, 0.05) is 19.0 Å². The smallest absolute Gasteiger partial charge is 0.171 e. The minimum Gasteiger partial charge on any atom is -0.486 e. The summed E-state index contributed by atoms with van der Waals surface area (Å²) in [5.41, 5.74) is 6.96. The molecule has 0 radical (unpaired) electrons. The number of rotatable bonds is 4. The first-order valence-corrected chi connectivity index (χ1v) is 7.13. The summed E-state index contributed by atoms with van der Waals surface area (Å²) in [6.07, 6.45) is 3.42. The van der Waals surface area contributed by atoms with Gasteiger partial charge in [0.15, 0.2) is 5.82 Å². The third kappa shape index (κ3) is 2.67. The number of nitrogens with zero attached hydrogens (tertiary/aromatic N) is 3. The molecule has 2 heterocycles. The largest absolute Gasteiger partial charge is 0.486 e. The van der Waals surface area contributed by atoms with Gasteiger partial charge in [-0.3, -0.25) is 0 Å². The molecule has 1 aromatic heterocycles. The Bertz CT molecular complexity index is 591. The van der Waals surface area contributed by atoms with E-state index in [4.69, 9.17) is 10.5 Å². The van der Waals surface area contributed by atoms with Crippen LogP contribution >= 0.6 is 0 Å². The number of aromatic nitrogens is 3. The van der Waals surface area contributed by atoms with Gasteiger partial charge in [-0.15, -0.1) is 10.2 Å². The van der Waals surface area contributed by atoms with E-state index in [-0.39, 0.29) is 6.04 Å². The Balaban J connectivity index is 1.70. The Kier molecular flexibility index (Phi) is 3.69. The predicted octanol–water partition coefficient (Wildman–Crippen LogP) is 2.21. The molecule has 2 N–H and O–H groups in total. The first-order valence-electron chi connectivity index (χ1n) is 7.13. The first kappa shape index (κ1) is 13.1. The van der Waals surface area contributed by atoms with Crippen molar-refractivity contribution < 1.29 is 4.74 Å². The topological polar surface area (TPSA) is 66.0 Å². The summed E-state index contributed by atoms with van der Waals surface area (Å²) in [7, 11) is 0. The van der Waals surface area contributed by atoms with Gasteiger partial charge in [0.05, 0.1) is 0 Å². The maximum atomic E-state index is 5.88. The molecule has 0 spiro atoms. The zero-order chi connectivity index (χ0) is 13.9. The van der Waals surface area contributed by atoms with Crippen LogP contribution in [-0.4, -0.2) is 14.8 Å². The average Bonchev–Trinajstić information content (AvgIpc) is 2.89. The van der Waals surface area contributed by atoms with Crippen molar-refractivity contribution in [3.8, 4) is 5.75 Å². The molecule has 1 aliphatic rings. The highest BCUT2D eigenvalue weighted by atomic mass is 16.5. The van der Waals surface area contributed by atoms with Crippen LogP contribution in [0.15, 0.2) is 24.3 Å². The third-order valence-corrected chi connectivity index (χ3v) is 3.69. The van der Waals surface area contributed by atoms with Crippen molar-refractivity contribution in [3.63, 3.8) is 0 Å². The molecule has 3 rings (SSSR count). The lowest BCUT2D eigenvalue weighted by Gasteiger charge is -2.15. The molecular weight excluding hydrogens is 252 g/mol. The predicted molar refractivity (Wildman–Crippen MR) is 76.3 cm³/mol. The summed E-state index contributed by atoms with van der Waals surface area (Å²) >= 11 is 0. The number of aryl methyl sites for hydroxylation is 1. The molecule has 2 aromatic rings. The summed E-state index contributed by atoms with van der Waals surface area (Å²) in [4.78, 5) is 0. The van der Waals surface area contributed by atoms with E-state index in [1.807, 2.05) is 31.2 Å². The Morgan fingerprint density at radius 1 is 1.35 bits per heavy atom. The zero-order valence-corrected chi connectivity index (χ0v) is 11.7. The van der Waals surface area contributed by atoms with Gasteiger partial charge < -0.3 is 15.0 Å². The van der Waals surface area contributed by atoms with Crippen molar-refractivity contribution in [3.05, 3.63) is 41.5 Å². The molecule has 1 aliphatic heterocycles. The van der Waals surface area contributed by atoms with Crippen molar-refractivity contribution in [1.82, 2.24) is 14.8 Å².